The van der Waals surface area contributed by atoms with Crippen molar-refractivity contribution < 1.29 is 19.1 Å². The third-order valence-corrected chi connectivity index (χ3v) is 6.02. The Kier molecular flexibility index (Phi) is 6.13. The third kappa shape index (κ3) is 4.66. The minimum Gasteiger partial charge on any atom is -0.452 e. The lowest BCUT2D eigenvalue weighted by Gasteiger charge is -2.34. The molecule has 0 aliphatic carbocycles. The molecule has 31 heavy (non-hydrogen) atoms. The van der Waals surface area contributed by atoms with Crippen molar-refractivity contribution in [2.75, 3.05) is 32.8 Å². The van der Waals surface area contributed by atoms with Crippen LogP contribution in [0.15, 0.2) is 54.0 Å². The number of hydrogen-bond acceptors (Lipinski definition) is 6. The summed E-state index contributed by atoms with van der Waals surface area (Å²) in [5.41, 5.74) is 2.19. The molecule has 1 aromatic carbocycles. The van der Waals surface area contributed by atoms with Crippen molar-refractivity contribution in [3.8, 4) is 5.69 Å². The van der Waals surface area contributed by atoms with Gasteiger partial charge in [-0.1, -0.05) is 6.07 Å². The molecule has 0 bridgehead atoms. The van der Waals surface area contributed by atoms with E-state index in [2.05, 4.69) is 5.10 Å². The summed E-state index contributed by atoms with van der Waals surface area (Å²) < 4.78 is 6.96. The van der Waals surface area contributed by atoms with E-state index in [1.54, 1.807) is 51.0 Å². The lowest BCUT2D eigenvalue weighted by atomic mass is 10.2. The van der Waals surface area contributed by atoms with Gasteiger partial charge < -0.3 is 14.5 Å². The van der Waals surface area contributed by atoms with Crippen LogP contribution in [0.4, 0.5) is 0 Å². The van der Waals surface area contributed by atoms with Crippen molar-refractivity contribution >= 4 is 29.1 Å². The molecule has 1 fully saturated rings. The zero-order valence-corrected chi connectivity index (χ0v) is 17.9. The van der Waals surface area contributed by atoms with E-state index < -0.39 is 5.97 Å². The maximum absolute atomic E-state index is 12.4. The highest BCUT2D eigenvalue weighted by Crippen LogP contribution is 2.15. The Morgan fingerprint density at radius 1 is 1.00 bits per heavy atom. The summed E-state index contributed by atoms with van der Waals surface area (Å²) in [6.45, 7) is 3.39. The average molecular weight is 439 g/mol. The summed E-state index contributed by atoms with van der Waals surface area (Å²) in [5.74, 6) is -0.828. The van der Waals surface area contributed by atoms with Gasteiger partial charge in [0.25, 0.3) is 11.8 Å². The number of amides is 2. The number of piperazine rings is 1. The smallest absolute Gasteiger partial charge is 0.338 e. The minimum atomic E-state index is -0.552. The van der Waals surface area contributed by atoms with E-state index in [4.69, 9.17) is 4.74 Å². The van der Waals surface area contributed by atoms with E-state index >= 15 is 0 Å². The Morgan fingerprint density at radius 2 is 1.71 bits per heavy atom. The molecule has 9 heteroatoms. The van der Waals surface area contributed by atoms with Crippen LogP contribution in [0.25, 0.3) is 5.69 Å². The van der Waals surface area contributed by atoms with Crippen molar-refractivity contribution in [1.29, 1.82) is 0 Å². The van der Waals surface area contributed by atoms with E-state index in [-0.39, 0.29) is 18.4 Å². The van der Waals surface area contributed by atoms with Gasteiger partial charge in [0.2, 0.25) is 0 Å². The Morgan fingerprint density at radius 3 is 2.32 bits per heavy atom. The lowest BCUT2D eigenvalue weighted by molar-refractivity contribution is -0.136. The van der Waals surface area contributed by atoms with E-state index in [0.29, 0.717) is 36.6 Å². The highest BCUT2D eigenvalue weighted by atomic mass is 32.1. The van der Waals surface area contributed by atoms with Gasteiger partial charge in [-0.2, -0.15) is 5.10 Å². The Labute approximate surface area is 183 Å². The summed E-state index contributed by atoms with van der Waals surface area (Å²) in [4.78, 5) is 41.2. The molecule has 0 unspecified atom stereocenters. The van der Waals surface area contributed by atoms with Gasteiger partial charge in [-0.3, -0.25) is 9.59 Å². The number of benzene rings is 1. The number of carbonyl (C=O) groups is 3. The number of aromatic nitrogens is 2. The van der Waals surface area contributed by atoms with Crippen molar-refractivity contribution in [3.63, 3.8) is 0 Å². The molecule has 4 rings (SSSR count). The molecule has 3 heterocycles. The first-order valence-electron chi connectivity index (χ1n) is 9.91. The molecular weight excluding hydrogens is 416 g/mol. The predicted molar refractivity (Wildman–Crippen MR) is 115 cm³/mol. The molecule has 2 amide bonds. The second kappa shape index (κ2) is 9.13. The van der Waals surface area contributed by atoms with Crippen molar-refractivity contribution in [3.05, 3.63) is 70.2 Å². The summed E-state index contributed by atoms with van der Waals surface area (Å²) in [6, 6.07) is 12.4. The number of ether oxygens (including phenoxy) is 1. The predicted octanol–water partition coefficient (Wildman–Crippen LogP) is 2.38. The fourth-order valence-corrected chi connectivity index (χ4v) is 4.09. The summed E-state index contributed by atoms with van der Waals surface area (Å²) in [7, 11) is 0. The molecule has 0 atom stereocenters. The van der Waals surface area contributed by atoms with Gasteiger partial charge >= 0.3 is 5.97 Å². The van der Waals surface area contributed by atoms with Gasteiger partial charge in [-0.25, -0.2) is 9.48 Å². The van der Waals surface area contributed by atoms with Gasteiger partial charge in [-0.05, 0) is 48.7 Å². The van der Waals surface area contributed by atoms with Crippen LogP contribution >= 0.6 is 11.3 Å². The van der Waals surface area contributed by atoms with E-state index in [1.165, 1.54) is 11.3 Å². The fourth-order valence-electron chi connectivity index (χ4n) is 3.40. The fraction of sp³-hybridized carbons (Fsp3) is 0.273. The number of thiophene rings is 1. The van der Waals surface area contributed by atoms with Crippen LogP contribution in [0, 0.1) is 6.92 Å². The number of nitrogens with zero attached hydrogens (tertiary/aromatic N) is 4. The van der Waals surface area contributed by atoms with Crippen molar-refractivity contribution in [2.45, 2.75) is 6.92 Å². The average Bonchev–Trinajstić information content (AvgIpc) is 3.49. The van der Waals surface area contributed by atoms with Gasteiger partial charge in [0.1, 0.15) is 0 Å². The van der Waals surface area contributed by atoms with Gasteiger partial charge in [-0.15, -0.1) is 11.3 Å². The van der Waals surface area contributed by atoms with E-state index in [9.17, 15) is 14.4 Å². The number of carbonyl (C=O) groups excluding carboxylic acids is 3. The van der Waals surface area contributed by atoms with Crippen LogP contribution in [0.1, 0.15) is 25.7 Å². The van der Waals surface area contributed by atoms with Crippen molar-refractivity contribution in [1.82, 2.24) is 19.6 Å². The lowest BCUT2D eigenvalue weighted by Crippen LogP contribution is -2.51. The van der Waals surface area contributed by atoms with Crippen LogP contribution in [0.2, 0.25) is 0 Å². The zero-order chi connectivity index (χ0) is 21.8. The Hall–Kier alpha value is -3.46. The quantitative estimate of drug-likeness (QED) is 0.571. The number of aryl methyl sites for hydroxylation is 1. The molecule has 2 aromatic heterocycles. The van der Waals surface area contributed by atoms with Crippen LogP contribution < -0.4 is 0 Å². The first-order chi connectivity index (χ1) is 15.0. The van der Waals surface area contributed by atoms with Crippen molar-refractivity contribution in [2.24, 2.45) is 0 Å². The monoisotopic (exact) mass is 438 g/mol. The van der Waals surface area contributed by atoms with E-state index in [0.717, 1.165) is 11.4 Å². The van der Waals surface area contributed by atoms with Crippen LogP contribution in [0.5, 0.6) is 0 Å². The molecule has 8 nitrogen and oxygen atoms in total. The maximum Gasteiger partial charge on any atom is 0.338 e. The Bertz CT molecular complexity index is 1070. The van der Waals surface area contributed by atoms with Gasteiger partial charge in [0.15, 0.2) is 6.61 Å². The molecule has 0 N–H and O–H groups in total. The molecule has 3 aromatic rings. The third-order valence-electron chi connectivity index (χ3n) is 5.16. The highest BCUT2D eigenvalue weighted by Gasteiger charge is 2.25. The molecule has 0 radical (unpaired) electrons. The topological polar surface area (TPSA) is 84.7 Å². The largest absolute Gasteiger partial charge is 0.452 e. The molecule has 1 aliphatic rings. The molecule has 160 valence electrons. The first-order valence-corrected chi connectivity index (χ1v) is 10.8. The number of hydrogen-bond donors (Lipinski definition) is 0. The minimum absolute atomic E-state index is 0.0118. The van der Waals surface area contributed by atoms with Crippen LogP contribution in [-0.4, -0.2) is 70.1 Å². The first kappa shape index (κ1) is 20.8. The second-order valence-corrected chi connectivity index (χ2v) is 8.11. The summed E-state index contributed by atoms with van der Waals surface area (Å²) >= 11 is 1.41. The molecule has 1 saturated heterocycles. The maximum atomic E-state index is 12.4. The standard InChI is InChI=1S/C22H22N4O4S/c1-16-8-9-23-26(16)18-6-4-17(5-7-18)22(29)30-15-20(27)24-10-12-25(13-11-24)21(28)19-3-2-14-31-19/h2-9,14H,10-13,15H2,1H3. The Balaban J connectivity index is 1.26. The highest BCUT2D eigenvalue weighted by molar-refractivity contribution is 7.12. The molecule has 1 aliphatic heterocycles. The molecular formula is C22H22N4O4S. The summed E-state index contributed by atoms with van der Waals surface area (Å²) in [5, 5.41) is 6.10. The van der Waals surface area contributed by atoms with Crippen LogP contribution in [0.3, 0.4) is 0 Å². The molecule has 0 spiro atoms. The van der Waals surface area contributed by atoms with E-state index in [1.807, 2.05) is 24.4 Å². The van der Waals surface area contributed by atoms with Gasteiger partial charge in [0.05, 0.1) is 16.1 Å². The second-order valence-electron chi connectivity index (χ2n) is 7.16. The normalized spacial score (nSPS) is 13.8. The SMILES string of the molecule is Cc1ccnn1-c1ccc(C(=O)OCC(=O)N2CCN(C(=O)c3cccs3)CC2)cc1. The molecule has 0 saturated carbocycles. The number of esters is 1. The number of rotatable bonds is 5. The zero-order valence-electron chi connectivity index (χ0n) is 17.1. The van der Waals surface area contributed by atoms with Gasteiger partial charge in [0, 0.05) is 38.1 Å². The summed E-state index contributed by atoms with van der Waals surface area (Å²) in [6.07, 6.45) is 1.71. The van der Waals surface area contributed by atoms with Crippen LogP contribution in [-0.2, 0) is 9.53 Å².